The summed E-state index contributed by atoms with van der Waals surface area (Å²) in [6, 6.07) is 6.62. The number of hydrogen-bond acceptors (Lipinski definition) is 5. The van der Waals surface area contributed by atoms with Gasteiger partial charge in [-0.1, -0.05) is 6.07 Å². The second-order valence-electron chi connectivity index (χ2n) is 4.33. The third-order valence-electron chi connectivity index (χ3n) is 2.78. The van der Waals surface area contributed by atoms with Crippen molar-refractivity contribution >= 4 is 11.3 Å². The van der Waals surface area contributed by atoms with Crippen LogP contribution < -0.4 is 5.32 Å². The van der Waals surface area contributed by atoms with Gasteiger partial charge in [0.1, 0.15) is 6.33 Å². The van der Waals surface area contributed by atoms with Crippen LogP contribution in [0.5, 0.6) is 0 Å². The first-order valence-electron chi connectivity index (χ1n) is 5.93. The number of likely N-dealkylation sites (N-methyl/N-ethyl adjacent to an activating group) is 1. The molecular formula is C13H18N4S. The Hall–Kier alpha value is -1.30. The molecule has 0 saturated carbocycles. The summed E-state index contributed by atoms with van der Waals surface area (Å²) in [5, 5.41) is 5.57. The highest BCUT2D eigenvalue weighted by atomic mass is 32.1. The highest BCUT2D eigenvalue weighted by molar-refractivity contribution is 7.10. The first-order chi connectivity index (χ1) is 8.77. The molecule has 5 heteroatoms. The van der Waals surface area contributed by atoms with Crippen LogP contribution in [0, 0.1) is 0 Å². The van der Waals surface area contributed by atoms with E-state index in [1.165, 1.54) is 4.88 Å². The monoisotopic (exact) mass is 262 g/mol. The van der Waals surface area contributed by atoms with E-state index in [1.807, 2.05) is 6.07 Å². The van der Waals surface area contributed by atoms with E-state index in [0.29, 0.717) is 6.04 Å². The van der Waals surface area contributed by atoms with Crippen molar-refractivity contribution in [3.63, 3.8) is 0 Å². The van der Waals surface area contributed by atoms with Gasteiger partial charge in [0.05, 0.1) is 11.7 Å². The normalized spacial score (nSPS) is 12.8. The third kappa shape index (κ3) is 3.60. The zero-order valence-electron chi connectivity index (χ0n) is 10.7. The van der Waals surface area contributed by atoms with Gasteiger partial charge in [-0.25, -0.2) is 9.97 Å². The first kappa shape index (κ1) is 13.1. The van der Waals surface area contributed by atoms with Gasteiger partial charge in [-0.05, 0) is 31.6 Å². The van der Waals surface area contributed by atoms with Gasteiger partial charge in [-0.3, -0.25) is 0 Å². The van der Waals surface area contributed by atoms with E-state index in [0.717, 1.165) is 18.8 Å². The summed E-state index contributed by atoms with van der Waals surface area (Å²) in [5.41, 5.74) is 1.02. The number of aromatic nitrogens is 2. The summed E-state index contributed by atoms with van der Waals surface area (Å²) >= 11 is 1.80. The molecule has 2 aromatic heterocycles. The van der Waals surface area contributed by atoms with E-state index < -0.39 is 0 Å². The fourth-order valence-electron chi connectivity index (χ4n) is 1.78. The maximum Gasteiger partial charge on any atom is 0.115 e. The number of thiophene rings is 1. The van der Waals surface area contributed by atoms with E-state index in [-0.39, 0.29) is 0 Å². The molecule has 0 aromatic carbocycles. The van der Waals surface area contributed by atoms with Crippen molar-refractivity contribution in [1.82, 2.24) is 20.2 Å². The molecule has 0 spiro atoms. The minimum Gasteiger partial charge on any atom is -0.309 e. The lowest BCUT2D eigenvalue weighted by atomic mass is 10.2. The Bertz CT molecular complexity index is 441. The average molecular weight is 262 g/mol. The molecule has 0 aliphatic rings. The average Bonchev–Trinajstić information content (AvgIpc) is 2.89. The van der Waals surface area contributed by atoms with Gasteiger partial charge < -0.3 is 10.2 Å². The summed E-state index contributed by atoms with van der Waals surface area (Å²) in [4.78, 5) is 11.7. The molecule has 0 bridgehead atoms. The third-order valence-corrected chi connectivity index (χ3v) is 3.76. The fraction of sp³-hybridized carbons (Fsp3) is 0.385. The Morgan fingerprint density at radius 3 is 2.89 bits per heavy atom. The summed E-state index contributed by atoms with van der Waals surface area (Å²) < 4.78 is 0. The van der Waals surface area contributed by atoms with Crippen LogP contribution in [0.4, 0.5) is 0 Å². The fourth-order valence-corrected chi connectivity index (χ4v) is 2.70. The summed E-state index contributed by atoms with van der Waals surface area (Å²) in [6.45, 7) is 1.69. The van der Waals surface area contributed by atoms with Gasteiger partial charge in [0.15, 0.2) is 0 Å². The lowest BCUT2D eigenvalue weighted by molar-refractivity contribution is 0.292. The molecule has 2 heterocycles. The maximum absolute atomic E-state index is 4.20. The van der Waals surface area contributed by atoms with Gasteiger partial charge in [-0.2, -0.15) is 0 Å². The molecule has 2 aromatic rings. The van der Waals surface area contributed by atoms with Crippen molar-refractivity contribution in [2.45, 2.75) is 12.6 Å². The van der Waals surface area contributed by atoms with E-state index in [1.54, 1.807) is 23.9 Å². The van der Waals surface area contributed by atoms with Crippen molar-refractivity contribution in [2.24, 2.45) is 0 Å². The van der Waals surface area contributed by atoms with Crippen LogP contribution in [0.25, 0.3) is 0 Å². The summed E-state index contributed by atoms with van der Waals surface area (Å²) in [5.74, 6) is 0. The van der Waals surface area contributed by atoms with Gasteiger partial charge >= 0.3 is 0 Å². The molecule has 0 aliphatic carbocycles. The Labute approximate surface area is 112 Å². The number of nitrogens with one attached hydrogen (secondary N) is 1. The molecule has 0 amide bonds. The zero-order chi connectivity index (χ0) is 12.8. The minimum atomic E-state index is 0.409. The largest absolute Gasteiger partial charge is 0.309 e. The van der Waals surface area contributed by atoms with Crippen molar-refractivity contribution in [3.8, 4) is 0 Å². The van der Waals surface area contributed by atoms with Crippen LogP contribution in [-0.2, 0) is 6.54 Å². The van der Waals surface area contributed by atoms with Crippen molar-refractivity contribution < 1.29 is 0 Å². The second-order valence-corrected chi connectivity index (χ2v) is 5.31. The summed E-state index contributed by atoms with van der Waals surface area (Å²) in [7, 11) is 4.22. The van der Waals surface area contributed by atoms with Crippen LogP contribution in [-0.4, -0.2) is 35.5 Å². The molecule has 0 aliphatic heterocycles. The summed E-state index contributed by atoms with van der Waals surface area (Å²) in [6.07, 6.45) is 3.35. The second kappa shape index (κ2) is 6.58. The number of rotatable bonds is 6. The predicted octanol–water partition coefficient (Wildman–Crippen LogP) is 1.93. The van der Waals surface area contributed by atoms with E-state index in [2.05, 4.69) is 51.8 Å². The van der Waals surface area contributed by atoms with Crippen molar-refractivity contribution in [2.75, 3.05) is 20.6 Å². The van der Waals surface area contributed by atoms with Crippen LogP contribution in [0.1, 0.15) is 16.6 Å². The standard InChI is InChI=1S/C13H18N4S/c1-17(2)12(13-4-3-7-18-13)9-15-8-11-5-6-14-10-16-11/h3-7,10,12,15H,8-9H2,1-2H3. The molecule has 1 unspecified atom stereocenters. The predicted molar refractivity (Wildman–Crippen MR) is 74.5 cm³/mol. The first-order valence-corrected chi connectivity index (χ1v) is 6.81. The molecule has 96 valence electrons. The van der Waals surface area contributed by atoms with Crippen LogP contribution >= 0.6 is 11.3 Å². The molecular weight excluding hydrogens is 244 g/mol. The van der Waals surface area contributed by atoms with Gasteiger partial charge in [0, 0.05) is 24.2 Å². The quantitative estimate of drug-likeness (QED) is 0.863. The molecule has 1 atom stereocenters. The molecule has 0 radical (unpaired) electrons. The Morgan fingerprint density at radius 1 is 1.39 bits per heavy atom. The highest BCUT2D eigenvalue weighted by Crippen LogP contribution is 2.22. The Morgan fingerprint density at radius 2 is 2.28 bits per heavy atom. The molecule has 0 fully saturated rings. The van der Waals surface area contributed by atoms with E-state index in [9.17, 15) is 0 Å². The lowest BCUT2D eigenvalue weighted by Gasteiger charge is -2.23. The number of nitrogens with zero attached hydrogens (tertiary/aromatic N) is 3. The molecule has 4 nitrogen and oxygen atoms in total. The van der Waals surface area contributed by atoms with Crippen LogP contribution in [0.15, 0.2) is 36.1 Å². The molecule has 1 N–H and O–H groups in total. The van der Waals surface area contributed by atoms with Gasteiger partial charge in [-0.15, -0.1) is 11.3 Å². The van der Waals surface area contributed by atoms with Crippen LogP contribution in [0.2, 0.25) is 0 Å². The zero-order valence-corrected chi connectivity index (χ0v) is 11.5. The maximum atomic E-state index is 4.20. The van der Waals surface area contributed by atoms with E-state index >= 15 is 0 Å². The Kier molecular flexibility index (Phi) is 4.81. The minimum absolute atomic E-state index is 0.409. The molecule has 18 heavy (non-hydrogen) atoms. The van der Waals surface area contributed by atoms with Crippen molar-refractivity contribution in [3.05, 3.63) is 46.7 Å². The molecule has 2 rings (SSSR count). The molecule has 0 saturated heterocycles. The van der Waals surface area contributed by atoms with Crippen LogP contribution in [0.3, 0.4) is 0 Å². The van der Waals surface area contributed by atoms with Gasteiger partial charge in [0.25, 0.3) is 0 Å². The highest BCUT2D eigenvalue weighted by Gasteiger charge is 2.14. The topological polar surface area (TPSA) is 41.0 Å². The van der Waals surface area contributed by atoms with Gasteiger partial charge in [0.2, 0.25) is 0 Å². The van der Waals surface area contributed by atoms with E-state index in [4.69, 9.17) is 0 Å². The lowest BCUT2D eigenvalue weighted by Crippen LogP contribution is -2.30. The number of hydrogen-bond donors (Lipinski definition) is 1. The SMILES string of the molecule is CN(C)C(CNCc1ccncn1)c1cccs1. The smallest absolute Gasteiger partial charge is 0.115 e. The van der Waals surface area contributed by atoms with Crippen molar-refractivity contribution in [1.29, 1.82) is 0 Å². The Balaban J connectivity index is 1.87.